The van der Waals surface area contributed by atoms with Gasteiger partial charge in [-0.3, -0.25) is 0 Å². The van der Waals surface area contributed by atoms with Crippen LogP contribution in [0.5, 0.6) is 0 Å². The summed E-state index contributed by atoms with van der Waals surface area (Å²) in [5.41, 5.74) is 0. The third kappa shape index (κ3) is 28.4. The van der Waals surface area contributed by atoms with E-state index in [9.17, 15) is 10.2 Å². The molecule has 0 saturated carbocycles. The van der Waals surface area contributed by atoms with Gasteiger partial charge in [0.15, 0.2) is 0 Å². The van der Waals surface area contributed by atoms with Gasteiger partial charge in [0.05, 0.1) is 0 Å². The standard InChI is InChI=1S/C32H52O3/c1-2-31(34)27-23-20-18-16-14-12-10-8-6-4-3-5-7-9-11-13-15-17-19-21-24-28-32(35)29-25-22-26-30-33/h1,23,27,31-35H,3-21,24,28,30H2. The third-order valence-electron chi connectivity index (χ3n) is 6.31. The Hall–Kier alpha value is -1.70. The second-order valence-corrected chi connectivity index (χ2v) is 9.58. The summed E-state index contributed by atoms with van der Waals surface area (Å²) >= 11 is 0. The van der Waals surface area contributed by atoms with E-state index in [4.69, 9.17) is 11.5 Å². The summed E-state index contributed by atoms with van der Waals surface area (Å²) in [5.74, 6) is 12.5. The van der Waals surface area contributed by atoms with Crippen molar-refractivity contribution >= 4 is 0 Å². The Morgan fingerprint density at radius 2 is 1.03 bits per heavy atom. The minimum atomic E-state index is -0.721. The van der Waals surface area contributed by atoms with Crippen LogP contribution in [0.25, 0.3) is 0 Å². The highest BCUT2D eigenvalue weighted by molar-refractivity contribution is 5.27. The quantitative estimate of drug-likeness (QED) is 0.0824. The Balaban J connectivity index is 3.19. The fraction of sp³-hybridized carbons (Fsp3) is 0.750. The van der Waals surface area contributed by atoms with Crippen LogP contribution in [-0.2, 0) is 0 Å². The molecule has 3 N–H and O–H groups in total. The highest BCUT2D eigenvalue weighted by Gasteiger charge is 1.99. The molecule has 35 heavy (non-hydrogen) atoms. The number of allylic oxidation sites excluding steroid dienone is 1. The molecule has 0 rings (SSSR count). The summed E-state index contributed by atoms with van der Waals surface area (Å²) in [6, 6.07) is 0. The SMILES string of the molecule is C#CC(O)C=CCCCCCCCCCCCCCCCCCCCCCC(O)C#CC#CCO. The number of terminal acetylenes is 1. The van der Waals surface area contributed by atoms with Gasteiger partial charge >= 0.3 is 0 Å². The Kier molecular flexibility index (Phi) is 27.2. The van der Waals surface area contributed by atoms with Gasteiger partial charge in [0, 0.05) is 0 Å². The molecule has 0 heterocycles. The molecule has 0 amide bonds. The Labute approximate surface area is 217 Å². The molecular formula is C32H52O3. The van der Waals surface area contributed by atoms with E-state index >= 15 is 0 Å². The molecule has 0 aliphatic rings. The van der Waals surface area contributed by atoms with Gasteiger partial charge in [0.25, 0.3) is 0 Å². The number of hydrogen-bond donors (Lipinski definition) is 3. The van der Waals surface area contributed by atoms with E-state index in [1.54, 1.807) is 6.08 Å². The van der Waals surface area contributed by atoms with Crippen LogP contribution < -0.4 is 0 Å². The van der Waals surface area contributed by atoms with Crippen molar-refractivity contribution in [2.45, 2.75) is 147 Å². The Bertz CT molecular complexity index is 638. The number of aliphatic hydroxyl groups excluding tert-OH is 3. The molecule has 0 bridgehead atoms. The van der Waals surface area contributed by atoms with Gasteiger partial charge < -0.3 is 15.3 Å². The van der Waals surface area contributed by atoms with Crippen LogP contribution in [0.4, 0.5) is 0 Å². The van der Waals surface area contributed by atoms with E-state index in [2.05, 4.69) is 29.6 Å². The first-order valence-corrected chi connectivity index (χ1v) is 14.3. The summed E-state index contributed by atoms with van der Waals surface area (Å²) in [6.07, 6.45) is 34.4. The maximum atomic E-state index is 9.72. The molecule has 0 spiro atoms. The highest BCUT2D eigenvalue weighted by Crippen LogP contribution is 2.15. The first kappa shape index (κ1) is 33.3. The van der Waals surface area contributed by atoms with Crippen molar-refractivity contribution in [1.82, 2.24) is 0 Å². The minimum Gasteiger partial charge on any atom is -0.384 e. The van der Waals surface area contributed by atoms with E-state index in [0.29, 0.717) is 6.42 Å². The molecule has 0 aromatic rings. The third-order valence-corrected chi connectivity index (χ3v) is 6.31. The summed E-state index contributed by atoms with van der Waals surface area (Å²) < 4.78 is 0. The predicted molar refractivity (Wildman–Crippen MR) is 150 cm³/mol. The van der Waals surface area contributed by atoms with Crippen molar-refractivity contribution in [2.24, 2.45) is 0 Å². The molecule has 0 aliphatic carbocycles. The molecule has 2 unspecified atom stereocenters. The Morgan fingerprint density at radius 1 is 0.600 bits per heavy atom. The number of unbranched alkanes of at least 4 members (excludes halogenated alkanes) is 19. The van der Waals surface area contributed by atoms with Gasteiger partial charge in [0.1, 0.15) is 18.8 Å². The van der Waals surface area contributed by atoms with Crippen molar-refractivity contribution in [3.05, 3.63) is 12.2 Å². The molecule has 198 valence electrons. The lowest BCUT2D eigenvalue weighted by Crippen LogP contribution is -2.01. The van der Waals surface area contributed by atoms with Crippen molar-refractivity contribution < 1.29 is 15.3 Å². The van der Waals surface area contributed by atoms with E-state index in [1.165, 1.54) is 109 Å². The maximum Gasteiger partial charge on any atom is 0.133 e. The topological polar surface area (TPSA) is 60.7 Å². The molecule has 0 aromatic heterocycles. The molecule has 0 radical (unpaired) electrons. The van der Waals surface area contributed by atoms with Crippen molar-refractivity contribution in [3.63, 3.8) is 0 Å². The number of hydrogen-bond acceptors (Lipinski definition) is 3. The second-order valence-electron chi connectivity index (χ2n) is 9.58. The van der Waals surface area contributed by atoms with Crippen molar-refractivity contribution in [3.8, 4) is 36.0 Å². The first-order valence-electron chi connectivity index (χ1n) is 14.3. The predicted octanol–water partition coefficient (Wildman–Crippen LogP) is 7.09. The van der Waals surface area contributed by atoms with Crippen LogP contribution in [-0.4, -0.2) is 34.1 Å². The van der Waals surface area contributed by atoms with Crippen LogP contribution in [0, 0.1) is 36.0 Å². The first-order chi connectivity index (χ1) is 17.2. The monoisotopic (exact) mass is 484 g/mol. The molecule has 3 heteroatoms. The molecule has 0 aromatic carbocycles. The zero-order valence-corrected chi connectivity index (χ0v) is 22.3. The smallest absolute Gasteiger partial charge is 0.133 e. The van der Waals surface area contributed by atoms with Crippen LogP contribution >= 0.6 is 0 Å². The molecular weight excluding hydrogens is 432 g/mol. The van der Waals surface area contributed by atoms with Crippen LogP contribution in [0.3, 0.4) is 0 Å². The van der Waals surface area contributed by atoms with Crippen LogP contribution in [0.2, 0.25) is 0 Å². The summed E-state index contributed by atoms with van der Waals surface area (Å²) in [6.45, 7) is -0.185. The average molecular weight is 485 g/mol. The fourth-order valence-electron chi connectivity index (χ4n) is 4.16. The lowest BCUT2D eigenvalue weighted by Gasteiger charge is -2.05. The molecule has 2 atom stereocenters. The summed E-state index contributed by atoms with van der Waals surface area (Å²) in [4.78, 5) is 0. The van der Waals surface area contributed by atoms with Crippen LogP contribution in [0.1, 0.15) is 135 Å². The fourth-order valence-corrected chi connectivity index (χ4v) is 4.16. The van der Waals surface area contributed by atoms with Crippen molar-refractivity contribution in [1.29, 1.82) is 0 Å². The lowest BCUT2D eigenvalue weighted by molar-refractivity contribution is 0.217. The molecule has 0 fully saturated rings. The lowest BCUT2D eigenvalue weighted by atomic mass is 10.0. The minimum absolute atomic E-state index is 0.185. The van der Waals surface area contributed by atoms with E-state index in [-0.39, 0.29) is 6.61 Å². The van der Waals surface area contributed by atoms with Crippen molar-refractivity contribution in [2.75, 3.05) is 6.61 Å². The van der Waals surface area contributed by atoms with E-state index in [1.807, 2.05) is 6.08 Å². The normalized spacial score (nSPS) is 12.4. The highest BCUT2D eigenvalue weighted by atomic mass is 16.3. The van der Waals surface area contributed by atoms with Gasteiger partial charge in [-0.05, 0) is 43.6 Å². The number of aliphatic hydroxyl groups is 3. The number of rotatable bonds is 23. The molecule has 0 aliphatic heterocycles. The van der Waals surface area contributed by atoms with E-state index in [0.717, 1.165) is 19.3 Å². The molecule has 0 saturated heterocycles. The average Bonchev–Trinajstić information content (AvgIpc) is 2.86. The summed E-state index contributed by atoms with van der Waals surface area (Å²) in [7, 11) is 0. The van der Waals surface area contributed by atoms with Gasteiger partial charge in [-0.25, -0.2) is 0 Å². The zero-order valence-electron chi connectivity index (χ0n) is 22.3. The molecule has 3 nitrogen and oxygen atoms in total. The van der Waals surface area contributed by atoms with Gasteiger partial charge in [-0.2, -0.15) is 0 Å². The largest absolute Gasteiger partial charge is 0.384 e. The van der Waals surface area contributed by atoms with E-state index < -0.39 is 12.2 Å². The Morgan fingerprint density at radius 3 is 1.46 bits per heavy atom. The van der Waals surface area contributed by atoms with Gasteiger partial charge in [0.2, 0.25) is 0 Å². The second kappa shape index (κ2) is 28.5. The summed E-state index contributed by atoms with van der Waals surface area (Å²) in [5, 5.41) is 27.5. The zero-order chi connectivity index (χ0) is 25.7. The maximum absolute atomic E-state index is 9.72. The van der Waals surface area contributed by atoms with Gasteiger partial charge in [-0.15, -0.1) is 6.42 Å². The van der Waals surface area contributed by atoms with Gasteiger partial charge in [-0.1, -0.05) is 133 Å². The van der Waals surface area contributed by atoms with Crippen LogP contribution in [0.15, 0.2) is 12.2 Å².